The zero-order valence-corrected chi connectivity index (χ0v) is 9.34. The molecule has 1 atom stereocenters. The molecule has 88 valence electrons. The molecule has 1 aromatic carbocycles. The van der Waals surface area contributed by atoms with Crippen LogP contribution in [0.3, 0.4) is 0 Å². The van der Waals surface area contributed by atoms with Crippen LogP contribution in [0, 0.1) is 24.5 Å². The van der Waals surface area contributed by atoms with E-state index >= 15 is 0 Å². The molecule has 3 heteroatoms. The van der Waals surface area contributed by atoms with Gasteiger partial charge in [0.05, 0.1) is 6.10 Å². The maximum absolute atomic E-state index is 13.5. The van der Waals surface area contributed by atoms with Gasteiger partial charge in [0.25, 0.3) is 0 Å². The van der Waals surface area contributed by atoms with E-state index in [2.05, 4.69) is 0 Å². The highest BCUT2D eigenvalue weighted by Crippen LogP contribution is 2.35. The quantitative estimate of drug-likeness (QED) is 0.836. The third-order valence-electron chi connectivity index (χ3n) is 3.42. The highest BCUT2D eigenvalue weighted by atomic mass is 19.1. The Morgan fingerprint density at radius 1 is 1.31 bits per heavy atom. The predicted octanol–water partition coefficient (Wildman–Crippen LogP) is 3.50. The lowest BCUT2D eigenvalue weighted by atomic mass is 9.80. The first-order chi connectivity index (χ1) is 7.58. The van der Waals surface area contributed by atoms with Crippen LogP contribution in [0.4, 0.5) is 8.78 Å². The summed E-state index contributed by atoms with van der Waals surface area (Å²) in [5.74, 6) is -0.492. The van der Waals surface area contributed by atoms with E-state index < -0.39 is 17.7 Å². The van der Waals surface area contributed by atoms with Crippen LogP contribution in [0.2, 0.25) is 0 Å². The number of halogens is 2. The molecular weight excluding hydrogens is 210 g/mol. The van der Waals surface area contributed by atoms with Gasteiger partial charge < -0.3 is 5.11 Å². The molecule has 0 amide bonds. The first-order valence-electron chi connectivity index (χ1n) is 5.71. The lowest BCUT2D eigenvalue weighted by molar-refractivity contribution is 0.115. The van der Waals surface area contributed by atoms with Gasteiger partial charge in [-0.1, -0.05) is 19.3 Å². The number of aryl methyl sites for hydroxylation is 1. The Labute approximate surface area is 94.1 Å². The van der Waals surface area contributed by atoms with E-state index in [0.29, 0.717) is 12.3 Å². The standard InChI is InChI=1S/C13H16F2O/c1-8-5-12(15)10(7-11(8)14)13(16)6-9-3-2-4-9/h5,7,9,13,16H,2-4,6H2,1H3. The van der Waals surface area contributed by atoms with E-state index in [0.717, 1.165) is 25.0 Å². The van der Waals surface area contributed by atoms with E-state index in [1.54, 1.807) is 0 Å². The number of benzene rings is 1. The molecule has 1 aromatic rings. The average molecular weight is 226 g/mol. The molecule has 1 fully saturated rings. The van der Waals surface area contributed by atoms with Crippen molar-refractivity contribution in [3.63, 3.8) is 0 Å². The molecule has 0 saturated heterocycles. The molecule has 1 N–H and O–H groups in total. The average Bonchev–Trinajstić information content (AvgIpc) is 2.17. The Balaban J connectivity index is 2.14. The van der Waals surface area contributed by atoms with Gasteiger partial charge in [-0.2, -0.15) is 0 Å². The molecular formula is C13H16F2O. The van der Waals surface area contributed by atoms with Gasteiger partial charge in [-0.25, -0.2) is 8.78 Å². The molecule has 1 aliphatic rings. The van der Waals surface area contributed by atoms with Crippen molar-refractivity contribution in [2.75, 3.05) is 0 Å². The zero-order chi connectivity index (χ0) is 11.7. The van der Waals surface area contributed by atoms with Crippen LogP contribution in [0.25, 0.3) is 0 Å². The summed E-state index contributed by atoms with van der Waals surface area (Å²) in [5.41, 5.74) is 0.368. The van der Waals surface area contributed by atoms with Crippen molar-refractivity contribution >= 4 is 0 Å². The Morgan fingerprint density at radius 3 is 2.56 bits per heavy atom. The second-order valence-electron chi connectivity index (χ2n) is 4.67. The van der Waals surface area contributed by atoms with Gasteiger partial charge in [-0.05, 0) is 37.0 Å². The molecule has 1 unspecified atom stereocenters. The summed E-state index contributed by atoms with van der Waals surface area (Å²) in [6.07, 6.45) is 3.03. The minimum Gasteiger partial charge on any atom is -0.388 e. The van der Waals surface area contributed by atoms with Crippen molar-refractivity contribution in [2.24, 2.45) is 5.92 Å². The van der Waals surface area contributed by atoms with Gasteiger partial charge >= 0.3 is 0 Å². The van der Waals surface area contributed by atoms with Gasteiger partial charge in [0, 0.05) is 5.56 Å². The second-order valence-corrected chi connectivity index (χ2v) is 4.67. The van der Waals surface area contributed by atoms with Gasteiger partial charge in [0.15, 0.2) is 0 Å². The van der Waals surface area contributed by atoms with Crippen LogP contribution < -0.4 is 0 Å². The van der Waals surface area contributed by atoms with Gasteiger partial charge in [-0.3, -0.25) is 0 Å². The number of hydrogen-bond donors (Lipinski definition) is 1. The van der Waals surface area contributed by atoms with E-state index in [9.17, 15) is 13.9 Å². The Hall–Kier alpha value is -0.960. The third kappa shape index (κ3) is 2.24. The van der Waals surface area contributed by atoms with Gasteiger partial charge in [0.2, 0.25) is 0 Å². The molecule has 0 spiro atoms. The van der Waals surface area contributed by atoms with Crippen LogP contribution in [0.5, 0.6) is 0 Å². The largest absolute Gasteiger partial charge is 0.388 e. The predicted molar refractivity (Wildman–Crippen MR) is 58.0 cm³/mol. The fourth-order valence-corrected chi connectivity index (χ4v) is 2.09. The number of aliphatic hydroxyl groups is 1. The normalized spacial score (nSPS) is 18.2. The fourth-order valence-electron chi connectivity index (χ4n) is 2.09. The summed E-state index contributed by atoms with van der Waals surface area (Å²) in [7, 11) is 0. The zero-order valence-electron chi connectivity index (χ0n) is 9.34. The van der Waals surface area contributed by atoms with Crippen LogP contribution in [-0.2, 0) is 0 Å². The summed E-state index contributed by atoms with van der Waals surface area (Å²) in [6, 6.07) is 2.27. The maximum Gasteiger partial charge on any atom is 0.129 e. The van der Waals surface area contributed by atoms with Crippen molar-refractivity contribution in [1.82, 2.24) is 0 Å². The van der Waals surface area contributed by atoms with Crippen molar-refractivity contribution in [3.8, 4) is 0 Å². The van der Waals surface area contributed by atoms with Crippen molar-refractivity contribution in [3.05, 3.63) is 34.9 Å². The van der Waals surface area contributed by atoms with Crippen molar-refractivity contribution in [2.45, 2.75) is 38.7 Å². The highest BCUT2D eigenvalue weighted by molar-refractivity contribution is 5.26. The minimum absolute atomic E-state index is 0.0926. The van der Waals surface area contributed by atoms with Crippen LogP contribution in [0.1, 0.15) is 42.9 Å². The molecule has 0 heterocycles. The van der Waals surface area contributed by atoms with Gasteiger partial charge in [-0.15, -0.1) is 0 Å². The van der Waals surface area contributed by atoms with E-state index in [1.807, 2.05) is 0 Å². The summed E-state index contributed by atoms with van der Waals surface area (Å²) < 4.78 is 26.8. The van der Waals surface area contributed by atoms with Crippen molar-refractivity contribution in [1.29, 1.82) is 0 Å². The maximum atomic E-state index is 13.5. The lowest BCUT2D eigenvalue weighted by Gasteiger charge is -2.27. The number of hydrogen-bond acceptors (Lipinski definition) is 1. The molecule has 1 aliphatic carbocycles. The van der Waals surface area contributed by atoms with E-state index in [-0.39, 0.29) is 11.1 Å². The molecule has 1 saturated carbocycles. The number of rotatable bonds is 3. The topological polar surface area (TPSA) is 20.2 Å². The summed E-state index contributed by atoms with van der Waals surface area (Å²) in [6.45, 7) is 1.51. The Kier molecular flexibility index (Phi) is 3.24. The van der Waals surface area contributed by atoms with E-state index in [1.165, 1.54) is 13.3 Å². The fraction of sp³-hybridized carbons (Fsp3) is 0.538. The first-order valence-corrected chi connectivity index (χ1v) is 5.71. The molecule has 16 heavy (non-hydrogen) atoms. The molecule has 0 bridgehead atoms. The Bertz CT molecular complexity index is 386. The highest BCUT2D eigenvalue weighted by Gasteiger charge is 2.23. The van der Waals surface area contributed by atoms with Crippen LogP contribution >= 0.6 is 0 Å². The Morgan fingerprint density at radius 2 is 2.00 bits per heavy atom. The second kappa shape index (κ2) is 4.50. The lowest BCUT2D eigenvalue weighted by Crippen LogP contribution is -2.15. The molecule has 0 aliphatic heterocycles. The van der Waals surface area contributed by atoms with Gasteiger partial charge in [0.1, 0.15) is 11.6 Å². The summed E-state index contributed by atoms with van der Waals surface area (Å²) in [5, 5.41) is 9.85. The van der Waals surface area contributed by atoms with Crippen LogP contribution in [0.15, 0.2) is 12.1 Å². The van der Waals surface area contributed by atoms with Crippen molar-refractivity contribution < 1.29 is 13.9 Å². The molecule has 1 nitrogen and oxygen atoms in total. The molecule has 0 aromatic heterocycles. The molecule has 2 rings (SSSR count). The minimum atomic E-state index is -0.875. The third-order valence-corrected chi connectivity index (χ3v) is 3.42. The first kappa shape index (κ1) is 11.5. The van der Waals surface area contributed by atoms with Crippen LogP contribution in [-0.4, -0.2) is 5.11 Å². The monoisotopic (exact) mass is 226 g/mol. The molecule has 0 radical (unpaired) electrons. The summed E-state index contributed by atoms with van der Waals surface area (Å²) in [4.78, 5) is 0. The van der Waals surface area contributed by atoms with E-state index in [4.69, 9.17) is 0 Å². The number of aliphatic hydroxyl groups excluding tert-OH is 1. The summed E-state index contributed by atoms with van der Waals surface area (Å²) >= 11 is 0. The SMILES string of the molecule is Cc1cc(F)c(C(O)CC2CCC2)cc1F. The smallest absolute Gasteiger partial charge is 0.129 e.